The van der Waals surface area contributed by atoms with Gasteiger partial charge in [0.1, 0.15) is 5.75 Å². The monoisotopic (exact) mass is 353 g/mol. The van der Waals surface area contributed by atoms with Crippen LogP contribution in [0.3, 0.4) is 0 Å². The number of hydrogen-bond donors (Lipinski definition) is 3. The van der Waals surface area contributed by atoms with E-state index in [1.54, 1.807) is 7.11 Å². The van der Waals surface area contributed by atoms with Crippen molar-refractivity contribution in [3.05, 3.63) is 29.8 Å². The van der Waals surface area contributed by atoms with E-state index in [-0.39, 0.29) is 29.8 Å². The Kier molecular flexibility index (Phi) is 5.77. The highest BCUT2D eigenvalue weighted by Gasteiger charge is 2.48. The first-order chi connectivity index (χ1) is 11.1. The van der Waals surface area contributed by atoms with E-state index in [1.165, 1.54) is 0 Å². The predicted octanol–water partition coefficient (Wildman–Crippen LogP) is 2.45. The van der Waals surface area contributed by atoms with Gasteiger partial charge in [0, 0.05) is 0 Å². The molecule has 0 saturated carbocycles. The summed E-state index contributed by atoms with van der Waals surface area (Å²) in [7, 11) is -0.416. The topological polar surface area (TPSA) is 71.0 Å². The van der Waals surface area contributed by atoms with Gasteiger partial charge in [-0.1, -0.05) is 32.9 Å². The smallest absolute Gasteiger partial charge is 0.192 e. The zero-order valence-corrected chi connectivity index (χ0v) is 16.5. The van der Waals surface area contributed by atoms with Gasteiger partial charge >= 0.3 is 0 Å². The maximum atomic E-state index is 10.7. The van der Waals surface area contributed by atoms with Crippen LogP contribution in [-0.4, -0.2) is 50.5 Å². The van der Waals surface area contributed by atoms with Crippen LogP contribution in [0.5, 0.6) is 5.75 Å². The van der Waals surface area contributed by atoms with Crippen LogP contribution in [0.1, 0.15) is 32.4 Å². The maximum absolute atomic E-state index is 10.7. The summed E-state index contributed by atoms with van der Waals surface area (Å²) in [6.45, 7) is 10.8. The minimum absolute atomic E-state index is 0.0501. The summed E-state index contributed by atoms with van der Waals surface area (Å²) in [6, 6.07) is 7.22. The number of nitrogens with one attached hydrogen (secondary N) is 1. The summed E-state index contributed by atoms with van der Waals surface area (Å²) in [5, 5.41) is 23.6. The average molecular weight is 354 g/mol. The fourth-order valence-corrected chi connectivity index (χ4v) is 4.07. The van der Waals surface area contributed by atoms with Gasteiger partial charge in [0.15, 0.2) is 8.32 Å². The highest BCUT2D eigenvalue weighted by molar-refractivity contribution is 6.74. The minimum Gasteiger partial charge on any atom is -0.497 e. The summed E-state index contributed by atoms with van der Waals surface area (Å²) in [6.07, 6.45) is -1.12. The lowest BCUT2D eigenvalue weighted by Crippen LogP contribution is -2.48. The molecule has 0 bridgehead atoms. The largest absolute Gasteiger partial charge is 0.497 e. The maximum Gasteiger partial charge on any atom is 0.192 e. The Balaban J connectivity index is 2.29. The Morgan fingerprint density at radius 2 is 1.75 bits per heavy atom. The number of benzene rings is 1. The molecule has 0 aliphatic carbocycles. The molecule has 1 aromatic rings. The summed E-state index contributed by atoms with van der Waals surface area (Å²) in [4.78, 5) is 0. The minimum atomic E-state index is -2.05. The quantitative estimate of drug-likeness (QED) is 0.709. The van der Waals surface area contributed by atoms with Crippen molar-refractivity contribution in [1.82, 2.24) is 5.32 Å². The molecule has 0 unspecified atom stereocenters. The van der Waals surface area contributed by atoms with Crippen LogP contribution in [0.4, 0.5) is 0 Å². The second-order valence-corrected chi connectivity index (χ2v) is 12.8. The van der Waals surface area contributed by atoms with E-state index in [0.29, 0.717) is 0 Å². The molecule has 0 spiro atoms. The van der Waals surface area contributed by atoms with E-state index < -0.39 is 14.4 Å². The first kappa shape index (κ1) is 19.4. The second-order valence-electron chi connectivity index (χ2n) is 8.04. The molecule has 1 aliphatic heterocycles. The molecule has 1 aromatic carbocycles. The third kappa shape index (κ3) is 3.83. The second kappa shape index (κ2) is 7.13. The van der Waals surface area contributed by atoms with E-state index in [0.717, 1.165) is 11.3 Å². The number of rotatable bonds is 5. The normalized spacial score (nSPS) is 28.2. The fraction of sp³-hybridized carbons (Fsp3) is 0.667. The molecule has 24 heavy (non-hydrogen) atoms. The van der Waals surface area contributed by atoms with Crippen molar-refractivity contribution in [2.75, 3.05) is 13.7 Å². The highest BCUT2D eigenvalue weighted by atomic mass is 28.4. The fourth-order valence-electron chi connectivity index (χ4n) is 2.76. The Bertz CT molecular complexity index is 541. The lowest BCUT2D eigenvalue weighted by molar-refractivity contribution is 0.0264. The van der Waals surface area contributed by atoms with Crippen LogP contribution in [0, 0.1) is 0 Å². The highest BCUT2D eigenvalue weighted by Crippen LogP contribution is 2.41. The van der Waals surface area contributed by atoms with Gasteiger partial charge in [-0.3, -0.25) is 0 Å². The molecule has 0 aromatic heterocycles. The number of hydrogen-bond acceptors (Lipinski definition) is 5. The molecule has 5 nitrogen and oxygen atoms in total. The molecule has 4 atom stereocenters. The van der Waals surface area contributed by atoms with Crippen LogP contribution in [0.15, 0.2) is 24.3 Å². The van der Waals surface area contributed by atoms with E-state index >= 15 is 0 Å². The van der Waals surface area contributed by atoms with Crippen molar-refractivity contribution in [2.45, 2.75) is 63.2 Å². The first-order valence-electron chi connectivity index (χ1n) is 8.47. The van der Waals surface area contributed by atoms with E-state index in [9.17, 15) is 10.2 Å². The van der Waals surface area contributed by atoms with E-state index in [4.69, 9.17) is 9.16 Å². The van der Waals surface area contributed by atoms with Gasteiger partial charge in [-0.2, -0.15) is 0 Å². The Morgan fingerprint density at radius 3 is 2.21 bits per heavy atom. The number of methoxy groups -OCH3 is 1. The Hall–Kier alpha value is -0.923. The first-order valence-corrected chi connectivity index (χ1v) is 11.4. The number of aliphatic hydroxyl groups excluding tert-OH is 2. The van der Waals surface area contributed by atoms with Crippen molar-refractivity contribution >= 4 is 8.32 Å². The Morgan fingerprint density at radius 1 is 1.17 bits per heavy atom. The molecule has 0 amide bonds. The molecule has 2 rings (SSSR count). The lowest BCUT2D eigenvalue weighted by atomic mass is 10.0. The number of aliphatic hydroxyl groups is 2. The molecule has 1 saturated heterocycles. The van der Waals surface area contributed by atoms with Crippen LogP contribution < -0.4 is 10.1 Å². The summed E-state index contributed by atoms with van der Waals surface area (Å²) in [5.41, 5.74) is 1.02. The van der Waals surface area contributed by atoms with Gasteiger partial charge in [0.25, 0.3) is 0 Å². The lowest BCUT2D eigenvalue weighted by Gasteiger charge is -2.40. The van der Waals surface area contributed by atoms with Gasteiger partial charge in [0.2, 0.25) is 0 Å². The van der Waals surface area contributed by atoms with Gasteiger partial charge in [-0.05, 0) is 35.8 Å². The van der Waals surface area contributed by atoms with Crippen LogP contribution >= 0.6 is 0 Å². The molecule has 1 aliphatic rings. The molecule has 3 N–H and O–H groups in total. The van der Waals surface area contributed by atoms with Crippen molar-refractivity contribution in [3.8, 4) is 5.75 Å². The van der Waals surface area contributed by atoms with Gasteiger partial charge in [0.05, 0.1) is 38.0 Å². The van der Waals surface area contributed by atoms with Crippen LogP contribution in [0.2, 0.25) is 18.1 Å². The van der Waals surface area contributed by atoms with Gasteiger partial charge in [-0.25, -0.2) is 0 Å². The van der Waals surface area contributed by atoms with Crippen molar-refractivity contribution in [1.29, 1.82) is 0 Å². The third-order valence-electron chi connectivity index (χ3n) is 5.38. The molecule has 6 heteroatoms. The molecule has 1 fully saturated rings. The molecule has 136 valence electrons. The zero-order chi connectivity index (χ0) is 18.1. The summed E-state index contributed by atoms with van der Waals surface area (Å²) in [5.74, 6) is 0.790. The van der Waals surface area contributed by atoms with Crippen molar-refractivity contribution in [3.63, 3.8) is 0 Å². The van der Waals surface area contributed by atoms with Gasteiger partial charge < -0.3 is 24.7 Å². The molecular weight excluding hydrogens is 322 g/mol. The van der Waals surface area contributed by atoms with E-state index in [2.05, 4.69) is 39.2 Å². The SMILES string of the molecule is COc1ccc([C@H]2N[C@H](CO)[C@@H](O)[C@@H]2O[Si](C)(C)C(C)(C)C)cc1. The predicted molar refractivity (Wildman–Crippen MR) is 97.8 cm³/mol. The summed E-state index contributed by atoms with van der Waals surface area (Å²) < 4.78 is 11.7. The van der Waals surface area contributed by atoms with Crippen LogP contribution in [0.25, 0.3) is 0 Å². The third-order valence-corrected chi connectivity index (χ3v) is 9.85. The Labute approximate surface area is 146 Å². The number of ether oxygens (including phenoxy) is 1. The van der Waals surface area contributed by atoms with E-state index in [1.807, 2.05) is 24.3 Å². The average Bonchev–Trinajstić information content (AvgIpc) is 2.82. The summed E-state index contributed by atoms with van der Waals surface area (Å²) >= 11 is 0. The van der Waals surface area contributed by atoms with Crippen molar-refractivity contribution < 1.29 is 19.4 Å². The van der Waals surface area contributed by atoms with Gasteiger partial charge in [-0.15, -0.1) is 0 Å². The standard InChI is InChI=1S/C18H31NO4Si/c1-18(2,3)24(5,6)23-17-15(19-14(11-20)16(17)21)12-7-9-13(22-4)10-8-12/h7-10,14-17,19-21H,11H2,1-6H3/t14-,15-,16-,17-/m1/s1. The molecular formula is C18H31NO4Si. The molecule has 1 heterocycles. The van der Waals surface area contributed by atoms with Crippen LogP contribution in [-0.2, 0) is 4.43 Å². The van der Waals surface area contributed by atoms with Crippen molar-refractivity contribution in [2.24, 2.45) is 0 Å². The molecule has 0 radical (unpaired) electrons. The zero-order valence-electron chi connectivity index (χ0n) is 15.5.